The Morgan fingerprint density at radius 1 is 1.44 bits per heavy atom. The van der Waals surface area contributed by atoms with Gasteiger partial charge in [-0.3, -0.25) is 4.99 Å². The van der Waals surface area contributed by atoms with Crippen molar-refractivity contribution in [1.82, 2.24) is 4.90 Å². The summed E-state index contributed by atoms with van der Waals surface area (Å²) in [6, 6.07) is 9.46. The molecule has 2 aliphatic heterocycles. The molecular weight excluding hydrogens is 242 g/mol. The van der Waals surface area contributed by atoms with Crippen LogP contribution in [0.2, 0.25) is 0 Å². The van der Waals surface area contributed by atoms with Crippen LogP contribution < -0.4 is 5.32 Å². The third-order valence-electron chi connectivity index (χ3n) is 3.25. The molecular formula is C14H19N3S. The Balaban J connectivity index is 1.79. The fraction of sp³-hybridized carbons (Fsp3) is 0.500. The summed E-state index contributed by atoms with van der Waals surface area (Å²) in [6.45, 7) is 6.53. The van der Waals surface area contributed by atoms with Gasteiger partial charge in [0.25, 0.3) is 0 Å². The summed E-state index contributed by atoms with van der Waals surface area (Å²) < 4.78 is 0. The maximum Gasteiger partial charge on any atom is 0.160 e. The molecule has 18 heavy (non-hydrogen) atoms. The van der Waals surface area contributed by atoms with Crippen LogP contribution >= 0.6 is 11.8 Å². The lowest BCUT2D eigenvalue weighted by atomic mass is 10.1. The van der Waals surface area contributed by atoms with E-state index in [0.717, 1.165) is 13.1 Å². The fourth-order valence-electron chi connectivity index (χ4n) is 2.45. The first-order valence-corrected chi connectivity index (χ1v) is 7.53. The number of hydrogen-bond acceptors (Lipinski definition) is 4. The van der Waals surface area contributed by atoms with E-state index in [1.807, 2.05) is 11.8 Å². The molecule has 0 aliphatic carbocycles. The zero-order valence-electron chi connectivity index (χ0n) is 10.9. The van der Waals surface area contributed by atoms with Crippen LogP contribution in [0.3, 0.4) is 0 Å². The molecule has 1 atom stereocenters. The lowest BCUT2D eigenvalue weighted by molar-refractivity contribution is 0.464. The van der Waals surface area contributed by atoms with Crippen molar-refractivity contribution >= 4 is 22.6 Å². The summed E-state index contributed by atoms with van der Waals surface area (Å²) in [7, 11) is 0. The maximum absolute atomic E-state index is 4.82. The predicted octanol–water partition coefficient (Wildman–Crippen LogP) is 2.97. The third kappa shape index (κ3) is 2.34. The van der Waals surface area contributed by atoms with E-state index in [-0.39, 0.29) is 0 Å². The Kier molecular flexibility index (Phi) is 3.20. The van der Waals surface area contributed by atoms with Crippen molar-refractivity contribution in [3.05, 3.63) is 29.8 Å². The topological polar surface area (TPSA) is 27.6 Å². The van der Waals surface area contributed by atoms with Crippen molar-refractivity contribution in [3.63, 3.8) is 0 Å². The second-order valence-corrected chi connectivity index (χ2v) is 6.21. The second-order valence-electron chi connectivity index (χ2n) is 5.15. The minimum Gasteiger partial charge on any atom is -0.383 e. The first-order chi connectivity index (χ1) is 8.72. The van der Waals surface area contributed by atoms with Gasteiger partial charge in [0.1, 0.15) is 0 Å². The zero-order valence-corrected chi connectivity index (χ0v) is 11.7. The molecule has 96 valence electrons. The second kappa shape index (κ2) is 4.84. The smallest absolute Gasteiger partial charge is 0.160 e. The van der Waals surface area contributed by atoms with Crippen LogP contribution in [0.1, 0.15) is 25.5 Å². The predicted molar refractivity (Wildman–Crippen MR) is 79.4 cm³/mol. The van der Waals surface area contributed by atoms with Crippen LogP contribution in [0.5, 0.6) is 0 Å². The number of amidine groups is 1. The summed E-state index contributed by atoms with van der Waals surface area (Å²) >= 11 is 1.89. The Morgan fingerprint density at radius 3 is 3.11 bits per heavy atom. The molecule has 2 heterocycles. The SMILES string of the molecule is CC(C)Nc1cccc(C2CN3CCSC3=N2)c1. The van der Waals surface area contributed by atoms with Gasteiger partial charge in [-0.15, -0.1) is 0 Å². The number of thioether (sulfide) groups is 1. The molecule has 4 heteroatoms. The van der Waals surface area contributed by atoms with Crippen molar-refractivity contribution in [2.24, 2.45) is 4.99 Å². The van der Waals surface area contributed by atoms with Crippen molar-refractivity contribution in [2.75, 3.05) is 24.2 Å². The molecule has 1 unspecified atom stereocenters. The molecule has 1 aromatic carbocycles. The normalized spacial score (nSPS) is 22.3. The standard InChI is InChI=1S/C14H19N3S/c1-10(2)15-12-5-3-4-11(8-12)13-9-17-6-7-18-14(17)16-13/h3-5,8,10,13,15H,6-7,9H2,1-2H3. The quantitative estimate of drug-likeness (QED) is 0.906. The minimum absolute atomic E-state index is 0.321. The third-order valence-corrected chi connectivity index (χ3v) is 4.26. The lowest BCUT2D eigenvalue weighted by Gasteiger charge is -2.15. The van der Waals surface area contributed by atoms with Crippen LogP contribution in [-0.4, -0.2) is 35.0 Å². The maximum atomic E-state index is 4.82. The molecule has 0 amide bonds. The van der Waals surface area contributed by atoms with Gasteiger partial charge >= 0.3 is 0 Å². The van der Waals surface area contributed by atoms with Crippen molar-refractivity contribution in [1.29, 1.82) is 0 Å². The lowest BCUT2D eigenvalue weighted by Crippen LogP contribution is -2.21. The monoisotopic (exact) mass is 261 g/mol. The van der Waals surface area contributed by atoms with Gasteiger partial charge in [-0.1, -0.05) is 23.9 Å². The minimum atomic E-state index is 0.321. The van der Waals surface area contributed by atoms with E-state index in [0.29, 0.717) is 12.1 Å². The van der Waals surface area contributed by atoms with Crippen molar-refractivity contribution in [3.8, 4) is 0 Å². The van der Waals surface area contributed by atoms with E-state index in [4.69, 9.17) is 4.99 Å². The molecule has 1 N–H and O–H groups in total. The van der Waals surface area contributed by atoms with E-state index in [1.54, 1.807) is 0 Å². The Bertz CT molecular complexity index is 470. The molecule has 1 fully saturated rings. The Morgan fingerprint density at radius 2 is 2.33 bits per heavy atom. The van der Waals surface area contributed by atoms with Gasteiger partial charge in [-0.05, 0) is 31.5 Å². The van der Waals surface area contributed by atoms with Crippen molar-refractivity contribution in [2.45, 2.75) is 25.9 Å². The van der Waals surface area contributed by atoms with E-state index in [9.17, 15) is 0 Å². The van der Waals surface area contributed by atoms with Gasteiger partial charge in [0.2, 0.25) is 0 Å². The molecule has 1 saturated heterocycles. The first-order valence-electron chi connectivity index (χ1n) is 6.54. The number of fused-ring (bicyclic) bond motifs is 1. The van der Waals surface area contributed by atoms with E-state index in [1.165, 1.54) is 22.2 Å². The number of hydrogen-bond donors (Lipinski definition) is 1. The van der Waals surface area contributed by atoms with Crippen LogP contribution in [-0.2, 0) is 0 Å². The highest BCUT2D eigenvalue weighted by molar-refractivity contribution is 8.14. The highest BCUT2D eigenvalue weighted by Gasteiger charge is 2.30. The molecule has 0 spiro atoms. The zero-order chi connectivity index (χ0) is 12.5. The Hall–Kier alpha value is -1.16. The number of benzene rings is 1. The molecule has 0 bridgehead atoms. The molecule has 0 saturated carbocycles. The van der Waals surface area contributed by atoms with Gasteiger partial charge in [0.15, 0.2) is 5.17 Å². The summed E-state index contributed by atoms with van der Waals surface area (Å²) in [5, 5.41) is 4.69. The number of rotatable bonds is 3. The van der Waals surface area contributed by atoms with Gasteiger partial charge in [-0.25, -0.2) is 0 Å². The fourth-order valence-corrected chi connectivity index (χ4v) is 3.50. The number of aliphatic imine (C=N–C) groups is 1. The summed E-state index contributed by atoms with van der Waals surface area (Å²) in [5.74, 6) is 1.19. The van der Waals surface area contributed by atoms with Gasteiger partial charge in [-0.2, -0.15) is 0 Å². The number of anilines is 1. The summed E-state index contributed by atoms with van der Waals surface area (Å²) in [4.78, 5) is 7.22. The van der Waals surface area contributed by atoms with Crippen LogP contribution in [0.4, 0.5) is 5.69 Å². The van der Waals surface area contributed by atoms with Crippen LogP contribution in [0.25, 0.3) is 0 Å². The summed E-state index contributed by atoms with van der Waals surface area (Å²) in [5.41, 5.74) is 2.52. The first kappa shape index (κ1) is 11.9. The molecule has 3 rings (SSSR count). The average Bonchev–Trinajstić information content (AvgIpc) is 2.88. The molecule has 3 nitrogen and oxygen atoms in total. The van der Waals surface area contributed by atoms with Crippen LogP contribution in [0, 0.1) is 0 Å². The number of nitrogens with zero attached hydrogens (tertiary/aromatic N) is 2. The van der Waals surface area contributed by atoms with Gasteiger partial charge < -0.3 is 10.2 Å². The van der Waals surface area contributed by atoms with Gasteiger partial charge in [0.05, 0.1) is 6.04 Å². The molecule has 2 aliphatic rings. The highest BCUT2D eigenvalue weighted by Crippen LogP contribution is 2.32. The summed E-state index contributed by atoms with van der Waals surface area (Å²) in [6.07, 6.45) is 0. The molecule has 1 aromatic rings. The Labute approximate surface area is 113 Å². The average molecular weight is 261 g/mol. The largest absolute Gasteiger partial charge is 0.383 e. The van der Waals surface area contributed by atoms with Gasteiger partial charge in [0, 0.05) is 30.6 Å². The molecule has 0 radical (unpaired) electrons. The van der Waals surface area contributed by atoms with E-state index >= 15 is 0 Å². The molecule has 0 aromatic heterocycles. The van der Waals surface area contributed by atoms with Crippen LogP contribution in [0.15, 0.2) is 29.3 Å². The highest BCUT2D eigenvalue weighted by atomic mass is 32.2. The van der Waals surface area contributed by atoms with E-state index in [2.05, 4.69) is 48.3 Å². The van der Waals surface area contributed by atoms with E-state index < -0.39 is 0 Å². The van der Waals surface area contributed by atoms with Crippen molar-refractivity contribution < 1.29 is 0 Å². The number of nitrogens with one attached hydrogen (secondary N) is 1.